The number of H-pyrrole nitrogens is 1. The van der Waals surface area contributed by atoms with Gasteiger partial charge in [0, 0.05) is 30.8 Å². The number of imidazole rings is 1. The Morgan fingerprint density at radius 1 is 1.26 bits per heavy atom. The molecule has 0 radical (unpaired) electrons. The fraction of sp³-hybridized carbons (Fsp3) is 0.304. The number of carbonyl (C=O) groups is 1. The molecule has 1 aromatic heterocycles. The molecular weight excluding hydrogens is 563 g/mol. The molecule has 2 heterocycles. The standard InChI is InChI=1S/C23H21BrClFN4O4S/c1-34-23(31)28-8-14-15-10-30(11-16(14)15)35(32,33)21-7-13(2-4-18(21)25)22-27-9-20(29-22)12-3-5-19(26)17(24)6-12/h2-7,9,14-16H,8,10-11H2,1H3,(H,27,29)(H,28,31)/t14-,15-,16+. The monoisotopic (exact) mass is 582 g/mol. The van der Waals surface area contributed by atoms with Gasteiger partial charge in [-0.05, 0) is 70.1 Å². The highest BCUT2D eigenvalue weighted by atomic mass is 79.9. The lowest BCUT2D eigenvalue weighted by atomic mass is 10.2. The van der Waals surface area contributed by atoms with E-state index in [0.717, 1.165) is 5.56 Å². The van der Waals surface area contributed by atoms with Crippen molar-refractivity contribution in [1.29, 1.82) is 0 Å². The number of alkyl carbamates (subject to hydrolysis) is 1. The number of rotatable bonds is 6. The highest BCUT2D eigenvalue weighted by molar-refractivity contribution is 9.10. The summed E-state index contributed by atoms with van der Waals surface area (Å²) in [7, 11) is -2.51. The first-order chi connectivity index (χ1) is 16.7. The summed E-state index contributed by atoms with van der Waals surface area (Å²) < 4.78 is 46.7. The van der Waals surface area contributed by atoms with Crippen molar-refractivity contribution in [3.8, 4) is 22.6 Å². The molecule has 1 amide bonds. The summed E-state index contributed by atoms with van der Waals surface area (Å²) in [4.78, 5) is 18.8. The van der Waals surface area contributed by atoms with Gasteiger partial charge in [0.15, 0.2) is 0 Å². The minimum Gasteiger partial charge on any atom is -0.453 e. The second kappa shape index (κ2) is 9.20. The van der Waals surface area contributed by atoms with Crippen molar-refractivity contribution in [3.63, 3.8) is 0 Å². The van der Waals surface area contributed by atoms with E-state index in [9.17, 15) is 17.6 Å². The van der Waals surface area contributed by atoms with E-state index in [2.05, 4.69) is 36.0 Å². The van der Waals surface area contributed by atoms with Crippen LogP contribution in [-0.4, -0.2) is 55.5 Å². The summed E-state index contributed by atoms with van der Waals surface area (Å²) in [5, 5.41) is 2.81. The van der Waals surface area contributed by atoms with Crippen LogP contribution < -0.4 is 5.32 Å². The van der Waals surface area contributed by atoms with Gasteiger partial charge in [0.1, 0.15) is 16.5 Å². The third kappa shape index (κ3) is 4.57. The van der Waals surface area contributed by atoms with Crippen LogP contribution in [0.4, 0.5) is 9.18 Å². The Morgan fingerprint density at radius 2 is 1.97 bits per heavy atom. The number of methoxy groups -OCH3 is 1. The Kier molecular flexibility index (Phi) is 6.37. The van der Waals surface area contributed by atoms with Gasteiger partial charge in [0.05, 0.1) is 28.5 Å². The Bertz CT molecular complexity index is 1400. The fourth-order valence-corrected chi connectivity index (χ4v) is 7.04. The van der Waals surface area contributed by atoms with Gasteiger partial charge in [-0.1, -0.05) is 11.6 Å². The van der Waals surface area contributed by atoms with Crippen LogP contribution in [0.2, 0.25) is 5.02 Å². The van der Waals surface area contributed by atoms with E-state index in [4.69, 9.17) is 11.6 Å². The van der Waals surface area contributed by atoms with E-state index < -0.39 is 16.1 Å². The van der Waals surface area contributed by atoms with Gasteiger partial charge in [-0.25, -0.2) is 22.6 Å². The molecule has 0 spiro atoms. The number of carbonyl (C=O) groups excluding carboxylic acids is 1. The van der Waals surface area contributed by atoms with Crippen molar-refractivity contribution in [3.05, 3.63) is 57.9 Å². The molecule has 2 aliphatic rings. The fourth-order valence-electron chi connectivity index (χ4n) is 4.65. The van der Waals surface area contributed by atoms with E-state index in [1.54, 1.807) is 30.5 Å². The number of hydrogen-bond acceptors (Lipinski definition) is 5. The second-order valence-corrected chi connectivity index (χ2v) is 11.8. The van der Waals surface area contributed by atoms with Gasteiger partial charge in [-0.3, -0.25) is 0 Å². The first-order valence-corrected chi connectivity index (χ1v) is 13.4. The van der Waals surface area contributed by atoms with Crippen LogP contribution >= 0.6 is 27.5 Å². The molecule has 2 fully saturated rings. The number of hydrogen-bond donors (Lipinski definition) is 2. The van der Waals surface area contributed by atoms with E-state index in [0.29, 0.717) is 41.2 Å². The molecule has 1 saturated heterocycles. The van der Waals surface area contributed by atoms with Crippen LogP contribution in [0.1, 0.15) is 0 Å². The summed E-state index contributed by atoms with van der Waals surface area (Å²) in [6.45, 7) is 1.23. The molecule has 3 atom stereocenters. The number of fused-ring (bicyclic) bond motifs is 1. The van der Waals surface area contributed by atoms with Crippen molar-refractivity contribution >= 4 is 43.6 Å². The van der Waals surface area contributed by atoms with Crippen LogP contribution in [0.25, 0.3) is 22.6 Å². The topological polar surface area (TPSA) is 104 Å². The lowest BCUT2D eigenvalue weighted by molar-refractivity contribution is 0.170. The maximum absolute atomic E-state index is 13.6. The average molecular weight is 584 g/mol. The maximum atomic E-state index is 13.6. The quantitative estimate of drug-likeness (QED) is 0.444. The number of benzene rings is 2. The average Bonchev–Trinajstić information content (AvgIpc) is 3.20. The SMILES string of the molecule is COC(=O)NC[C@@H]1[C@H]2CN(S(=O)(=O)c3cc(-c4ncc(-c5ccc(F)c(Br)c5)[nH]4)ccc3Cl)C[C@@H]12. The van der Waals surface area contributed by atoms with E-state index in [1.807, 2.05) is 0 Å². The zero-order valence-corrected chi connectivity index (χ0v) is 21.6. The Hall–Kier alpha value is -2.47. The van der Waals surface area contributed by atoms with Crippen molar-refractivity contribution < 1.29 is 22.3 Å². The third-order valence-corrected chi connectivity index (χ3v) is 9.56. The van der Waals surface area contributed by atoms with Crippen molar-refractivity contribution in [2.75, 3.05) is 26.7 Å². The van der Waals surface area contributed by atoms with Crippen LogP contribution in [0.5, 0.6) is 0 Å². The molecule has 3 aromatic rings. The van der Waals surface area contributed by atoms with Gasteiger partial charge in [-0.2, -0.15) is 4.31 Å². The van der Waals surface area contributed by atoms with Crippen LogP contribution in [0.3, 0.4) is 0 Å². The predicted octanol–water partition coefficient (Wildman–Crippen LogP) is 4.52. The van der Waals surface area contributed by atoms with Crippen molar-refractivity contribution in [2.45, 2.75) is 4.90 Å². The van der Waals surface area contributed by atoms with Gasteiger partial charge in [0.25, 0.3) is 0 Å². The Morgan fingerprint density at radius 3 is 2.66 bits per heavy atom. The van der Waals surface area contributed by atoms with E-state index in [-0.39, 0.29) is 33.5 Å². The first-order valence-electron chi connectivity index (χ1n) is 10.8. The van der Waals surface area contributed by atoms with Crippen LogP contribution in [0, 0.1) is 23.6 Å². The highest BCUT2D eigenvalue weighted by Crippen LogP contribution is 2.52. The van der Waals surface area contributed by atoms with Gasteiger partial charge >= 0.3 is 6.09 Å². The molecule has 5 rings (SSSR count). The lowest BCUT2D eigenvalue weighted by Crippen LogP contribution is -2.34. The normalized spacial score (nSPS) is 21.5. The van der Waals surface area contributed by atoms with Crippen LogP contribution in [0.15, 0.2) is 52.0 Å². The van der Waals surface area contributed by atoms with Gasteiger partial charge < -0.3 is 15.0 Å². The zero-order chi connectivity index (χ0) is 24.9. The predicted molar refractivity (Wildman–Crippen MR) is 132 cm³/mol. The molecular formula is C23H21BrClFN4O4S. The number of piperidine rings is 1. The first kappa shape index (κ1) is 24.2. The summed E-state index contributed by atoms with van der Waals surface area (Å²) in [5.41, 5.74) is 1.95. The molecule has 184 valence electrons. The molecule has 8 nitrogen and oxygen atoms in total. The largest absolute Gasteiger partial charge is 0.453 e. The number of ether oxygens (including phenoxy) is 1. The zero-order valence-electron chi connectivity index (χ0n) is 18.5. The van der Waals surface area contributed by atoms with E-state index >= 15 is 0 Å². The molecule has 2 N–H and O–H groups in total. The Labute approximate surface area is 215 Å². The number of amides is 1. The summed E-state index contributed by atoms with van der Waals surface area (Å²) in [5.74, 6) is 0.743. The third-order valence-electron chi connectivity index (χ3n) is 6.63. The molecule has 1 aliphatic carbocycles. The van der Waals surface area contributed by atoms with Gasteiger partial charge in [0.2, 0.25) is 10.0 Å². The molecule has 0 bridgehead atoms. The smallest absolute Gasteiger partial charge is 0.406 e. The molecule has 1 saturated carbocycles. The number of halogens is 3. The molecule has 1 aliphatic heterocycles. The maximum Gasteiger partial charge on any atom is 0.406 e. The number of nitrogens with zero attached hydrogens (tertiary/aromatic N) is 2. The Balaban J connectivity index is 1.33. The molecule has 2 aromatic carbocycles. The minimum absolute atomic E-state index is 0.0182. The summed E-state index contributed by atoms with van der Waals surface area (Å²) in [6.07, 6.45) is 1.12. The molecule has 35 heavy (non-hydrogen) atoms. The van der Waals surface area contributed by atoms with Crippen LogP contribution in [-0.2, 0) is 14.8 Å². The number of aromatic amines is 1. The number of aromatic nitrogens is 2. The van der Waals surface area contributed by atoms with Gasteiger partial charge in [-0.15, -0.1) is 0 Å². The highest BCUT2D eigenvalue weighted by Gasteiger charge is 2.57. The van der Waals surface area contributed by atoms with E-state index in [1.165, 1.54) is 23.5 Å². The summed E-state index contributed by atoms with van der Waals surface area (Å²) >= 11 is 9.49. The number of nitrogens with one attached hydrogen (secondary N) is 2. The molecule has 12 heteroatoms. The summed E-state index contributed by atoms with van der Waals surface area (Å²) in [6, 6.07) is 9.37. The van der Waals surface area contributed by atoms with Crippen molar-refractivity contribution in [1.82, 2.24) is 19.6 Å². The lowest BCUT2D eigenvalue weighted by Gasteiger charge is -2.20. The molecule has 0 unspecified atom stereocenters. The number of sulfonamides is 1. The second-order valence-electron chi connectivity index (χ2n) is 8.61. The van der Waals surface area contributed by atoms with Crippen molar-refractivity contribution in [2.24, 2.45) is 17.8 Å². The minimum atomic E-state index is -3.82.